The van der Waals surface area contributed by atoms with Crippen molar-refractivity contribution in [3.63, 3.8) is 0 Å². The number of hydrogen-bond acceptors (Lipinski definition) is 4. The predicted molar refractivity (Wildman–Crippen MR) is 86.4 cm³/mol. The highest BCUT2D eigenvalue weighted by molar-refractivity contribution is 7.99. The lowest BCUT2D eigenvalue weighted by Crippen LogP contribution is -2.38. The van der Waals surface area contributed by atoms with Crippen molar-refractivity contribution in [2.24, 2.45) is 5.92 Å². The Morgan fingerprint density at radius 2 is 1.75 bits per heavy atom. The summed E-state index contributed by atoms with van der Waals surface area (Å²) >= 11 is 1.76. The third kappa shape index (κ3) is 4.19. The smallest absolute Gasteiger partial charge is 0.188 e. The molecule has 1 aliphatic carbocycles. The number of hydrogen-bond donors (Lipinski definition) is 1. The van der Waals surface area contributed by atoms with E-state index in [-0.39, 0.29) is 0 Å². The van der Waals surface area contributed by atoms with E-state index in [4.69, 9.17) is 0 Å². The molecule has 20 heavy (non-hydrogen) atoms. The van der Waals surface area contributed by atoms with Crippen molar-refractivity contribution < 1.29 is 0 Å². The Hall–Kier alpha value is -0.610. The van der Waals surface area contributed by atoms with E-state index < -0.39 is 0 Å². The number of rotatable bonds is 5. The standard InChI is InChI=1S/C16H27N3S/c1-11-7-5-6-8-15(11)17-9-10-20-16-18-13(3)12(2)14(4)19-16/h11,15,17H,5-10H2,1-4H3. The molecule has 0 radical (unpaired) electrons. The minimum Gasteiger partial charge on any atom is -0.313 e. The quantitative estimate of drug-likeness (QED) is 0.511. The first-order valence-electron chi connectivity index (χ1n) is 7.76. The number of aromatic nitrogens is 2. The maximum atomic E-state index is 4.56. The van der Waals surface area contributed by atoms with Gasteiger partial charge < -0.3 is 5.32 Å². The van der Waals surface area contributed by atoms with Crippen molar-refractivity contribution in [1.29, 1.82) is 0 Å². The van der Waals surface area contributed by atoms with Crippen LogP contribution in [0.2, 0.25) is 0 Å². The Kier molecular flexibility index (Phi) is 5.85. The largest absolute Gasteiger partial charge is 0.313 e. The van der Waals surface area contributed by atoms with Crippen LogP contribution in [0.1, 0.15) is 49.6 Å². The molecule has 3 nitrogen and oxygen atoms in total. The fourth-order valence-corrected chi connectivity index (χ4v) is 3.62. The molecule has 0 aromatic carbocycles. The highest BCUT2D eigenvalue weighted by Gasteiger charge is 2.20. The van der Waals surface area contributed by atoms with Gasteiger partial charge in [-0.05, 0) is 45.1 Å². The molecule has 2 atom stereocenters. The van der Waals surface area contributed by atoms with Crippen LogP contribution >= 0.6 is 11.8 Å². The van der Waals surface area contributed by atoms with E-state index in [9.17, 15) is 0 Å². The zero-order valence-electron chi connectivity index (χ0n) is 13.2. The van der Waals surface area contributed by atoms with Crippen molar-refractivity contribution >= 4 is 11.8 Å². The summed E-state index contributed by atoms with van der Waals surface area (Å²) in [5.74, 6) is 1.87. The van der Waals surface area contributed by atoms with Crippen LogP contribution in [0.4, 0.5) is 0 Å². The van der Waals surface area contributed by atoms with Gasteiger partial charge in [0, 0.05) is 29.7 Å². The first kappa shape index (κ1) is 15.8. The van der Waals surface area contributed by atoms with E-state index in [2.05, 4.69) is 43.0 Å². The molecule has 0 saturated heterocycles. The maximum absolute atomic E-state index is 4.56. The lowest BCUT2D eigenvalue weighted by atomic mass is 9.86. The molecule has 112 valence electrons. The maximum Gasteiger partial charge on any atom is 0.188 e. The lowest BCUT2D eigenvalue weighted by Gasteiger charge is -2.29. The summed E-state index contributed by atoms with van der Waals surface area (Å²) in [7, 11) is 0. The van der Waals surface area contributed by atoms with Gasteiger partial charge in [0.2, 0.25) is 0 Å². The van der Waals surface area contributed by atoms with Crippen LogP contribution in [0.15, 0.2) is 5.16 Å². The number of thioether (sulfide) groups is 1. The van der Waals surface area contributed by atoms with Gasteiger partial charge in [0.15, 0.2) is 5.16 Å². The second kappa shape index (κ2) is 7.41. The summed E-state index contributed by atoms with van der Waals surface area (Å²) in [4.78, 5) is 9.11. The summed E-state index contributed by atoms with van der Waals surface area (Å²) in [6.45, 7) is 9.64. The summed E-state index contributed by atoms with van der Waals surface area (Å²) < 4.78 is 0. The first-order chi connectivity index (χ1) is 9.58. The fraction of sp³-hybridized carbons (Fsp3) is 0.750. The Morgan fingerprint density at radius 3 is 2.40 bits per heavy atom. The predicted octanol–water partition coefficient (Wildman–Crippen LogP) is 3.66. The van der Waals surface area contributed by atoms with Gasteiger partial charge in [-0.25, -0.2) is 9.97 Å². The average molecular weight is 293 g/mol. The molecule has 1 aliphatic rings. The number of nitrogens with one attached hydrogen (secondary N) is 1. The Bertz CT molecular complexity index is 424. The van der Waals surface area contributed by atoms with E-state index in [0.717, 1.165) is 34.8 Å². The molecular formula is C16H27N3S. The zero-order valence-corrected chi connectivity index (χ0v) is 14.0. The molecule has 0 bridgehead atoms. The van der Waals surface area contributed by atoms with Gasteiger partial charge in [0.25, 0.3) is 0 Å². The van der Waals surface area contributed by atoms with Gasteiger partial charge in [0.05, 0.1) is 0 Å². The summed E-state index contributed by atoms with van der Waals surface area (Å²) in [5, 5.41) is 4.63. The highest BCUT2D eigenvalue weighted by atomic mass is 32.2. The molecule has 0 amide bonds. The SMILES string of the molecule is Cc1nc(SCCNC2CCCCC2C)nc(C)c1C. The topological polar surface area (TPSA) is 37.8 Å². The van der Waals surface area contributed by atoms with Crippen LogP contribution < -0.4 is 5.32 Å². The second-order valence-electron chi connectivity index (χ2n) is 5.97. The number of aryl methyl sites for hydroxylation is 2. The molecule has 4 heteroatoms. The molecule has 0 spiro atoms. The van der Waals surface area contributed by atoms with Crippen molar-refractivity contribution in [3.8, 4) is 0 Å². The Morgan fingerprint density at radius 1 is 1.10 bits per heavy atom. The van der Waals surface area contributed by atoms with Gasteiger partial charge in [-0.3, -0.25) is 0 Å². The molecule has 1 aromatic heterocycles. The minimum atomic E-state index is 0.715. The van der Waals surface area contributed by atoms with Crippen molar-refractivity contribution in [3.05, 3.63) is 17.0 Å². The average Bonchev–Trinajstić information content (AvgIpc) is 2.42. The van der Waals surface area contributed by atoms with E-state index >= 15 is 0 Å². The van der Waals surface area contributed by atoms with E-state index in [1.807, 2.05) is 0 Å². The molecule has 0 aliphatic heterocycles. The van der Waals surface area contributed by atoms with Crippen LogP contribution in [-0.2, 0) is 0 Å². The second-order valence-corrected chi connectivity index (χ2v) is 7.03. The van der Waals surface area contributed by atoms with E-state index in [1.54, 1.807) is 11.8 Å². The van der Waals surface area contributed by atoms with Crippen LogP contribution in [-0.4, -0.2) is 28.3 Å². The molecule has 1 N–H and O–H groups in total. The summed E-state index contributed by atoms with van der Waals surface area (Å²) in [6, 6.07) is 0.715. The van der Waals surface area contributed by atoms with E-state index in [1.165, 1.54) is 31.2 Å². The summed E-state index contributed by atoms with van der Waals surface area (Å²) in [6.07, 6.45) is 5.51. The van der Waals surface area contributed by atoms with Gasteiger partial charge in [-0.1, -0.05) is 31.5 Å². The van der Waals surface area contributed by atoms with Crippen LogP contribution in [0.25, 0.3) is 0 Å². The van der Waals surface area contributed by atoms with Crippen LogP contribution in [0.5, 0.6) is 0 Å². The van der Waals surface area contributed by atoms with Gasteiger partial charge in [0.1, 0.15) is 0 Å². The van der Waals surface area contributed by atoms with Gasteiger partial charge >= 0.3 is 0 Å². The van der Waals surface area contributed by atoms with Gasteiger partial charge in [-0.2, -0.15) is 0 Å². The van der Waals surface area contributed by atoms with Crippen molar-refractivity contribution in [2.75, 3.05) is 12.3 Å². The molecule has 1 saturated carbocycles. The first-order valence-corrected chi connectivity index (χ1v) is 8.74. The zero-order chi connectivity index (χ0) is 14.5. The molecule has 1 heterocycles. The minimum absolute atomic E-state index is 0.715. The molecule has 2 rings (SSSR count). The third-order valence-corrected chi connectivity index (χ3v) is 5.31. The monoisotopic (exact) mass is 293 g/mol. The molecule has 1 aromatic rings. The lowest BCUT2D eigenvalue weighted by molar-refractivity contribution is 0.285. The van der Waals surface area contributed by atoms with Crippen LogP contribution in [0, 0.1) is 26.7 Å². The molecular weight excluding hydrogens is 266 g/mol. The van der Waals surface area contributed by atoms with Crippen LogP contribution in [0.3, 0.4) is 0 Å². The van der Waals surface area contributed by atoms with Crippen molar-refractivity contribution in [1.82, 2.24) is 15.3 Å². The normalized spacial score (nSPS) is 23.0. The molecule has 2 unspecified atom stereocenters. The van der Waals surface area contributed by atoms with Gasteiger partial charge in [-0.15, -0.1) is 0 Å². The summed E-state index contributed by atoms with van der Waals surface area (Å²) in [5.41, 5.74) is 3.42. The molecule has 1 fully saturated rings. The van der Waals surface area contributed by atoms with Crippen molar-refractivity contribution in [2.45, 2.75) is 64.6 Å². The fourth-order valence-electron chi connectivity index (χ4n) is 2.81. The Labute approximate surface area is 127 Å². The Balaban J connectivity index is 1.76. The number of nitrogens with zero attached hydrogens (tertiary/aromatic N) is 2. The third-order valence-electron chi connectivity index (χ3n) is 4.46. The highest BCUT2D eigenvalue weighted by Crippen LogP contribution is 2.24. The van der Waals surface area contributed by atoms with E-state index in [0.29, 0.717) is 6.04 Å².